The fourth-order valence-electron chi connectivity index (χ4n) is 2.82. The average Bonchev–Trinajstić information content (AvgIpc) is 3.14. The standard InChI is InChI=1S/C14H24N6S/c1-3-16-14(2,11-15)9-6-10-21-13-17-18-19-20(13)12-7-4-5-8-12/h12,16H,3-10H2,1-2H3. The summed E-state index contributed by atoms with van der Waals surface area (Å²) < 4.78 is 1.99. The van der Waals surface area contributed by atoms with E-state index in [1.165, 1.54) is 25.7 Å². The zero-order chi connectivity index (χ0) is 15.1. The summed E-state index contributed by atoms with van der Waals surface area (Å²) in [6.07, 6.45) is 6.74. The van der Waals surface area contributed by atoms with Crippen molar-refractivity contribution in [2.24, 2.45) is 0 Å². The Bertz CT molecular complexity index is 476. The molecule has 0 amide bonds. The third-order valence-corrected chi connectivity index (χ3v) is 5.02. The maximum atomic E-state index is 9.23. The second-order valence-electron chi connectivity index (χ2n) is 5.77. The van der Waals surface area contributed by atoms with Crippen LogP contribution >= 0.6 is 11.8 Å². The molecule has 1 N–H and O–H groups in total. The molecule has 7 heteroatoms. The Morgan fingerprint density at radius 1 is 1.48 bits per heavy atom. The molecule has 116 valence electrons. The minimum atomic E-state index is -0.424. The second-order valence-corrected chi connectivity index (χ2v) is 6.83. The highest BCUT2D eigenvalue weighted by Gasteiger charge is 2.23. The first kappa shape index (κ1) is 16.2. The number of nitrogens with one attached hydrogen (secondary N) is 1. The van der Waals surface area contributed by atoms with Gasteiger partial charge in [0.1, 0.15) is 5.54 Å². The van der Waals surface area contributed by atoms with Crippen LogP contribution < -0.4 is 5.32 Å². The van der Waals surface area contributed by atoms with Gasteiger partial charge in [0, 0.05) is 5.75 Å². The first-order valence-corrected chi connectivity index (χ1v) is 8.74. The van der Waals surface area contributed by atoms with Crippen LogP contribution in [0, 0.1) is 11.3 Å². The Morgan fingerprint density at radius 2 is 2.24 bits per heavy atom. The Morgan fingerprint density at radius 3 is 2.90 bits per heavy atom. The van der Waals surface area contributed by atoms with E-state index in [9.17, 15) is 5.26 Å². The molecular weight excluding hydrogens is 284 g/mol. The van der Waals surface area contributed by atoms with Gasteiger partial charge in [0.25, 0.3) is 0 Å². The molecule has 0 saturated heterocycles. The summed E-state index contributed by atoms with van der Waals surface area (Å²) in [4.78, 5) is 0. The van der Waals surface area contributed by atoms with E-state index in [2.05, 4.69) is 26.9 Å². The molecule has 1 atom stereocenters. The van der Waals surface area contributed by atoms with Crippen LogP contribution in [0.4, 0.5) is 0 Å². The van der Waals surface area contributed by atoms with Crippen molar-refractivity contribution in [1.82, 2.24) is 25.5 Å². The van der Waals surface area contributed by atoms with E-state index in [4.69, 9.17) is 0 Å². The highest BCUT2D eigenvalue weighted by Crippen LogP contribution is 2.31. The molecule has 1 aromatic rings. The average molecular weight is 308 g/mol. The SMILES string of the molecule is CCNC(C)(C#N)CCCSc1nnnn1C1CCCC1. The van der Waals surface area contributed by atoms with Crippen molar-refractivity contribution in [1.29, 1.82) is 5.26 Å². The molecule has 1 unspecified atom stereocenters. The lowest BCUT2D eigenvalue weighted by atomic mass is 9.98. The molecule has 0 spiro atoms. The Kier molecular flexibility index (Phi) is 6.00. The van der Waals surface area contributed by atoms with Crippen molar-refractivity contribution >= 4 is 11.8 Å². The monoisotopic (exact) mass is 308 g/mol. The number of thioether (sulfide) groups is 1. The van der Waals surface area contributed by atoms with Gasteiger partial charge in [-0.1, -0.05) is 31.5 Å². The van der Waals surface area contributed by atoms with Crippen LogP contribution in [0.3, 0.4) is 0 Å². The predicted octanol–water partition coefficient (Wildman–Crippen LogP) is 2.55. The molecule has 0 aliphatic heterocycles. The lowest BCUT2D eigenvalue weighted by Crippen LogP contribution is -2.40. The molecule has 6 nitrogen and oxygen atoms in total. The summed E-state index contributed by atoms with van der Waals surface area (Å²) in [6.45, 7) is 4.81. The van der Waals surface area contributed by atoms with Crippen molar-refractivity contribution in [3.8, 4) is 6.07 Å². The van der Waals surface area contributed by atoms with Crippen molar-refractivity contribution in [2.45, 2.75) is 69.1 Å². The van der Waals surface area contributed by atoms with Crippen LogP contribution in [0.1, 0.15) is 58.4 Å². The van der Waals surface area contributed by atoms with E-state index < -0.39 is 5.54 Å². The predicted molar refractivity (Wildman–Crippen MR) is 83.0 cm³/mol. The molecule has 0 bridgehead atoms. The Labute approximate surface area is 130 Å². The molecule has 1 fully saturated rings. The number of hydrogen-bond acceptors (Lipinski definition) is 6. The molecule has 1 aromatic heterocycles. The van der Waals surface area contributed by atoms with Crippen LogP contribution in [0.5, 0.6) is 0 Å². The number of nitrogens with zero attached hydrogens (tertiary/aromatic N) is 5. The highest BCUT2D eigenvalue weighted by molar-refractivity contribution is 7.99. The molecule has 1 aliphatic rings. The van der Waals surface area contributed by atoms with E-state index in [0.29, 0.717) is 6.04 Å². The van der Waals surface area contributed by atoms with Crippen molar-refractivity contribution in [2.75, 3.05) is 12.3 Å². The van der Waals surface area contributed by atoms with Gasteiger partial charge >= 0.3 is 0 Å². The number of aromatic nitrogens is 4. The quantitative estimate of drug-likeness (QED) is 0.587. The van der Waals surface area contributed by atoms with E-state index in [-0.39, 0.29) is 0 Å². The first-order valence-electron chi connectivity index (χ1n) is 7.75. The fourth-order valence-corrected chi connectivity index (χ4v) is 3.70. The van der Waals surface area contributed by atoms with E-state index in [1.807, 2.05) is 18.5 Å². The number of nitriles is 1. The Hall–Kier alpha value is -1.13. The minimum absolute atomic E-state index is 0.424. The molecule has 1 heterocycles. The molecular formula is C14H24N6S. The van der Waals surface area contributed by atoms with Crippen LogP contribution in [0.15, 0.2) is 5.16 Å². The maximum Gasteiger partial charge on any atom is 0.209 e. The summed E-state index contributed by atoms with van der Waals surface area (Å²) in [5.74, 6) is 0.940. The van der Waals surface area contributed by atoms with E-state index in [0.717, 1.165) is 30.3 Å². The highest BCUT2D eigenvalue weighted by atomic mass is 32.2. The maximum absolute atomic E-state index is 9.23. The van der Waals surface area contributed by atoms with Gasteiger partial charge in [0.15, 0.2) is 0 Å². The minimum Gasteiger partial charge on any atom is -0.300 e. The van der Waals surface area contributed by atoms with Crippen LogP contribution in [0.25, 0.3) is 0 Å². The number of hydrogen-bond donors (Lipinski definition) is 1. The summed E-state index contributed by atoms with van der Waals surface area (Å²) in [6, 6.07) is 2.84. The van der Waals surface area contributed by atoms with Gasteiger partial charge in [-0.15, -0.1) is 5.10 Å². The zero-order valence-electron chi connectivity index (χ0n) is 12.9. The third kappa shape index (κ3) is 4.42. The molecule has 0 radical (unpaired) electrons. The van der Waals surface area contributed by atoms with Gasteiger partial charge in [0.2, 0.25) is 5.16 Å². The third-order valence-electron chi connectivity index (χ3n) is 4.00. The Balaban J connectivity index is 1.79. The van der Waals surface area contributed by atoms with Gasteiger partial charge in [-0.3, -0.25) is 5.32 Å². The summed E-state index contributed by atoms with van der Waals surface area (Å²) >= 11 is 1.70. The molecule has 1 saturated carbocycles. The fraction of sp³-hybridized carbons (Fsp3) is 0.857. The number of tetrazole rings is 1. The zero-order valence-corrected chi connectivity index (χ0v) is 13.7. The van der Waals surface area contributed by atoms with Gasteiger partial charge in [-0.05, 0) is 49.6 Å². The molecule has 1 aliphatic carbocycles. The molecule has 21 heavy (non-hydrogen) atoms. The normalized spacial score (nSPS) is 18.5. The van der Waals surface area contributed by atoms with Gasteiger partial charge in [-0.2, -0.15) is 5.26 Å². The summed E-state index contributed by atoms with van der Waals surface area (Å²) in [7, 11) is 0. The smallest absolute Gasteiger partial charge is 0.209 e. The number of rotatable bonds is 8. The van der Waals surface area contributed by atoms with Crippen LogP contribution in [-0.2, 0) is 0 Å². The molecule has 0 aromatic carbocycles. The summed E-state index contributed by atoms with van der Waals surface area (Å²) in [5.41, 5.74) is -0.424. The van der Waals surface area contributed by atoms with Gasteiger partial charge < -0.3 is 0 Å². The first-order chi connectivity index (χ1) is 10.2. The van der Waals surface area contributed by atoms with Gasteiger partial charge in [-0.25, -0.2) is 4.68 Å². The lowest BCUT2D eigenvalue weighted by Gasteiger charge is -2.22. The van der Waals surface area contributed by atoms with E-state index >= 15 is 0 Å². The van der Waals surface area contributed by atoms with Gasteiger partial charge in [0.05, 0.1) is 12.1 Å². The molecule has 2 rings (SSSR count). The van der Waals surface area contributed by atoms with E-state index in [1.54, 1.807) is 11.8 Å². The topological polar surface area (TPSA) is 79.4 Å². The van der Waals surface area contributed by atoms with Crippen LogP contribution in [-0.4, -0.2) is 38.0 Å². The lowest BCUT2D eigenvalue weighted by molar-refractivity contribution is 0.420. The van der Waals surface area contributed by atoms with Crippen molar-refractivity contribution < 1.29 is 0 Å². The largest absolute Gasteiger partial charge is 0.300 e. The van der Waals surface area contributed by atoms with Crippen molar-refractivity contribution in [3.05, 3.63) is 0 Å². The van der Waals surface area contributed by atoms with Crippen molar-refractivity contribution in [3.63, 3.8) is 0 Å². The summed E-state index contributed by atoms with van der Waals surface area (Å²) in [5, 5.41) is 25.5. The van der Waals surface area contributed by atoms with Crippen LogP contribution in [0.2, 0.25) is 0 Å². The second kappa shape index (κ2) is 7.76.